The van der Waals surface area contributed by atoms with Crippen molar-refractivity contribution in [1.82, 2.24) is 15.2 Å². The van der Waals surface area contributed by atoms with Crippen LogP contribution in [0.2, 0.25) is 0 Å². The van der Waals surface area contributed by atoms with Gasteiger partial charge in [0, 0.05) is 11.1 Å². The Kier molecular flexibility index (Phi) is 6.39. The number of ketones is 1. The van der Waals surface area contributed by atoms with E-state index >= 15 is 0 Å². The van der Waals surface area contributed by atoms with E-state index in [1.165, 1.54) is 35.2 Å². The minimum absolute atomic E-state index is 0.00276. The van der Waals surface area contributed by atoms with Crippen LogP contribution in [0.1, 0.15) is 16.1 Å². The number of hydrogen-bond acceptors (Lipinski definition) is 7. The quantitative estimate of drug-likeness (QED) is 0.265. The first-order valence-corrected chi connectivity index (χ1v) is 11.2. The zero-order valence-corrected chi connectivity index (χ0v) is 18.5. The molecule has 2 aromatic carbocycles. The highest BCUT2D eigenvalue weighted by molar-refractivity contribution is 7.99. The van der Waals surface area contributed by atoms with Gasteiger partial charge in [0.2, 0.25) is 0 Å². The molecule has 0 radical (unpaired) electrons. The van der Waals surface area contributed by atoms with Crippen LogP contribution in [0.4, 0.5) is 4.39 Å². The van der Waals surface area contributed by atoms with Crippen molar-refractivity contribution in [3.63, 3.8) is 0 Å². The number of hydrogen-bond donors (Lipinski definition) is 0. The first-order valence-electron chi connectivity index (χ1n) is 9.41. The number of Topliss-reactive ketones (excluding diaryl/α,β-unsaturated/α-hetero) is 1. The molecule has 0 aliphatic carbocycles. The number of halogens is 1. The van der Waals surface area contributed by atoms with Crippen LogP contribution >= 0.6 is 23.1 Å². The van der Waals surface area contributed by atoms with Gasteiger partial charge in [0.25, 0.3) is 0 Å². The van der Waals surface area contributed by atoms with Gasteiger partial charge in [-0.25, -0.2) is 9.37 Å². The Hall–Kier alpha value is -3.10. The molecule has 4 aromatic rings. The van der Waals surface area contributed by atoms with Crippen LogP contribution in [0.15, 0.2) is 65.7 Å². The largest absolute Gasteiger partial charge is 0.497 e. The Morgan fingerprint density at radius 1 is 1.10 bits per heavy atom. The van der Waals surface area contributed by atoms with E-state index in [9.17, 15) is 9.18 Å². The highest BCUT2D eigenvalue weighted by atomic mass is 32.2. The van der Waals surface area contributed by atoms with Crippen molar-refractivity contribution in [3.8, 4) is 26.9 Å². The fourth-order valence-electron chi connectivity index (χ4n) is 2.89. The van der Waals surface area contributed by atoms with Crippen molar-refractivity contribution in [3.05, 3.63) is 77.7 Å². The molecule has 0 amide bonds. The summed E-state index contributed by atoms with van der Waals surface area (Å²) in [5, 5.41) is 10.0. The van der Waals surface area contributed by atoms with Crippen LogP contribution in [0.5, 0.6) is 5.75 Å². The van der Waals surface area contributed by atoms with Gasteiger partial charge in [-0.15, -0.1) is 21.5 Å². The molecule has 0 spiro atoms. The maximum atomic E-state index is 13.2. The number of nitrogens with zero attached hydrogens (tertiary/aromatic N) is 3. The number of aryl methyl sites for hydroxylation is 1. The average Bonchev–Trinajstić information content (AvgIpc) is 3.19. The molecule has 2 heterocycles. The third kappa shape index (κ3) is 4.98. The van der Waals surface area contributed by atoms with E-state index in [1.54, 1.807) is 43.5 Å². The summed E-state index contributed by atoms with van der Waals surface area (Å²) in [7, 11) is 1.57. The van der Waals surface area contributed by atoms with Crippen molar-refractivity contribution >= 4 is 28.9 Å². The maximum absolute atomic E-state index is 13.2. The lowest BCUT2D eigenvalue weighted by molar-refractivity contribution is 0.102. The predicted octanol–water partition coefficient (Wildman–Crippen LogP) is 5.70. The number of aromatic nitrogens is 3. The Balaban J connectivity index is 1.45. The summed E-state index contributed by atoms with van der Waals surface area (Å²) < 4.78 is 18.3. The lowest BCUT2D eigenvalue weighted by atomic mass is 10.1. The summed E-state index contributed by atoms with van der Waals surface area (Å²) in [6.07, 6.45) is 0. The molecular formula is C23H18FN3O2S2. The van der Waals surface area contributed by atoms with Gasteiger partial charge in [-0.3, -0.25) is 4.79 Å². The summed E-state index contributed by atoms with van der Waals surface area (Å²) in [5.41, 5.74) is 3.01. The van der Waals surface area contributed by atoms with Crippen LogP contribution in [-0.4, -0.2) is 33.8 Å². The SMILES string of the molecule is COc1cccc(C(=O)CSc2ccc(-c3sc(-c4ccc(F)cc4)nc3C)nn2)c1. The molecule has 8 heteroatoms. The predicted molar refractivity (Wildman–Crippen MR) is 121 cm³/mol. The molecule has 4 rings (SSSR count). The minimum Gasteiger partial charge on any atom is -0.497 e. The molecule has 0 atom stereocenters. The van der Waals surface area contributed by atoms with Crippen LogP contribution in [0.25, 0.3) is 21.1 Å². The summed E-state index contributed by atoms with van der Waals surface area (Å²) in [4.78, 5) is 17.9. The minimum atomic E-state index is -0.277. The lowest BCUT2D eigenvalue weighted by Gasteiger charge is -2.04. The molecule has 0 unspecified atom stereocenters. The van der Waals surface area contributed by atoms with E-state index in [0.717, 1.165) is 21.1 Å². The summed E-state index contributed by atoms with van der Waals surface area (Å²) >= 11 is 2.82. The van der Waals surface area contributed by atoms with Gasteiger partial charge >= 0.3 is 0 Å². The molecule has 0 bridgehead atoms. The second-order valence-corrected chi connectivity index (χ2v) is 8.64. The van der Waals surface area contributed by atoms with E-state index in [-0.39, 0.29) is 17.4 Å². The van der Waals surface area contributed by atoms with Crippen molar-refractivity contribution in [1.29, 1.82) is 0 Å². The molecule has 0 fully saturated rings. The van der Waals surface area contributed by atoms with E-state index in [2.05, 4.69) is 15.2 Å². The molecule has 31 heavy (non-hydrogen) atoms. The van der Waals surface area contributed by atoms with E-state index in [0.29, 0.717) is 22.0 Å². The number of carbonyl (C=O) groups is 1. The number of methoxy groups -OCH3 is 1. The highest BCUT2D eigenvalue weighted by Crippen LogP contribution is 2.34. The van der Waals surface area contributed by atoms with Gasteiger partial charge in [-0.2, -0.15) is 0 Å². The first kappa shape index (κ1) is 21.1. The van der Waals surface area contributed by atoms with Crippen LogP contribution < -0.4 is 4.74 Å². The third-order valence-corrected chi connectivity index (χ3v) is 6.65. The molecule has 0 saturated carbocycles. The van der Waals surface area contributed by atoms with Gasteiger partial charge in [0.15, 0.2) is 5.78 Å². The Morgan fingerprint density at radius 3 is 2.61 bits per heavy atom. The fourth-order valence-corrected chi connectivity index (χ4v) is 4.63. The van der Waals surface area contributed by atoms with Crippen molar-refractivity contribution in [2.75, 3.05) is 12.9 Å². The lowest BCUT2D eigenvalue weighted by Crippen LogP contribution is -2.03. The van der Waals surface area contributed by atoms with Crippen LogP contribution in [0, 0.1) is 12.7 Å². The van der Waals surface area contributed by atoms with Crippen molar-refractivity contribution in [2.24, 2.45) is 0 Å². The zero-order chi connectivity index (χ0) is 21.8. The van der Waals surface area contributed by atoms with E-state index < -0.39 is 0 Å². The average molecular weight is 452 g/mol. The second kappa shape index (κ2) is 9.36. The Bertz CT molecular complexity index is 1210. The molecule has 2 aromatic heterocycles. The first-order chi connectivity index (χ1) is 15.0. The normalized spacial score (nSPS) is 10.8. The molecule has 0 aliphatic heterocycles. The van der Waals surface area contributed by atoms with Gasteiger partial charge in [-0.1, -0.05) is 23.9 Å². The smallest absolute Gasteiger partial charge is 0.173 e. The van der Waals surface area contributed by atoms with Gasteiger partial charge in [0.05, 0.1) is 23.4 Å². The fraction of sp³-hybridized carbons (Fsp3) is 0.130. The van der Waals surface area contributed by atoms with Gasteiger partial charge < -0.3 is 4.74 Å². The molecular weight excluding hydrogens is 433 g/mol. The van der Waals surface area contributed by atoms with Crippen molar-refractivity contribution < 1.29 is 13.9 Å². The van der Waals surface area contributed by atoms with Gasteiger partial charge in [-0.05, 0) is 55.5 Å². The number of benzene rings is 2. The highest BCUT2D eigenvalue weighted by Gasteiger charge is 2.14. The molecule has 156 valence electrons. The van der Waals surface area contributed by atoms with E-state index in [4.69, 9.17) is 4.74 Å². The summed E-state index contributed by atoms with van der Waals surface area (Å²) in [5.74, 6) is 0.633. The molecule has 0 aliphatic rings. The van der Waals surface area contributed by atoms with Crippen molar-refractivity contribution in [2.45, 2.75) is 11.9 Å². The Labute approximate surface area is 187 Å². The van der Waals surface area contributed by atoms with E-state index in [1.807, 2.05) is 19.1 Å². The van der Waals surface area contributed by atoms with Crippen LogP contribution in [0.3, 0.4) is 0 Å². The monoisotopic (exact) mass is 451 g/mol. The Morgan fingerprint density at radius 2 is 1.90 bits per heavy atom. The topological polar surface area (TPSA) is 65.0 Å². The molecule has 0 saturated heterocycles. The second-order valence-electron chi connectivity index (χ2n) is 6.64. The summed E-state index contributed by atoms with van der Waals surface area (Å²) in [6, 6.07) is 17.1. The number of rotatable bonds is 7. The number of ether oxygens (including phenoxy) is 1. The zero-order valence-electron chi connectivity index (χ0n) is 16.8. The molecule has 0 N–H and O–H groups in total. The number of thiazole rings is 1. The summed E-state index contributed by atoms with van der Waals surface area (Å²) in [6.45, 7) is 1.91. The van der Waals surface area contributed by atoms with Crippen LogP contribution in [-0.2, 0) is 0 Å². The van der Waals surface area contributed by atoms with Gasteiger partial charge in [0.1, 0.15) is 27.3 Å². The number of carbonyl (C=O) groups excluding carboxylic acids is 1. The standard InChI is InChI=1S/C23H18FN3O2S2/c1-14-22(31-23(25-14)15-6-8-17(24)9-7-15)19-10-11-21(27-26-19)30-13-20(28)16-4-3-5-18(12-16)29-2/h3-12H,13H2,1-2H3. The number of thioether (sulfide) groups is 1. The maximum Gasteiger partial charge on any atom is 0.173 e. The molecule has 5 nitrogen and oxygen atoms in total. The third-order valence-electron chi connectivity index (χ3n) is 4.50.